The summed E-state index contributed by atoms with van der Waals surface area (Å²) >= 11 is 0. The molecule has 0 bridgehead atoms. The number of nitrogens with zero attached hydrogens (tertiary/aromatic N) is 1. The van der Waals surface area contributed by atoms with Gasteiger partial charge in [0, 0.05) is 32.5 Å². The number of hydrogen-bond acceptors (Lipinski definition) is 3. The molecule has 7 heteroatoms. The first kappa shape index (κ1) is 14.8. The Bertz CT molecular complexity index is 416. The van der Waals surface area contributed by atoms with Gasteiger partial charge in [-0.25, -0.2) is 9.59 Å². The fourth-order valence-corrected chi connectivity index (χ4v) is 1.91. The molecule has 1 fully saturated rings. The predicted molar refractivity (Wildman–Crippen MR) is 67.2 cm³/mol. The Morgan fingerprint density at radius 3 is 2.74 bits per heavy atom. The predicted octanol–water partition coefficient (Wildman–Crippen LogP) is -0.617. The molecule has 0 aliphatic carbocycles. The van der Waals surface area contributed by atoms with Crippen LogP contribution >= 0.6 is 0 Å². The van der Waals surface area contributed by atoms with Crippen LogP contribution in [0.4, 0.5) is 4.79 Å². The number of amides is 3. The zero-order chi connectivity index (χ0) is 14.4. The molecule has 3 amide bonds. The van der Waals surface area contributed by atoms with Crippen molar-refractivity contribution >= 4 is 17.9 Å². The van der Waals surface area contributed by atoms with Crippen molar-refractivity contribution in [3.05, 3.63) is 0 Å². The zero-order valence-electron chi connectivity index (χ0n) is 10.7. The van der Waals surface area contributed by atoms with Crippen LogP contribution in [0.3, 0.4) is 0 Å². The molecule has 0 aromatic rings. The Hall–Kier alpha value is -2.23. The van der Waals surface area contributed by atoms with Crippen LogP contribution in [0, 0.1) is 12.3 Å². The SMILES string of the molecule is C#CCC(NC(=O)N1CCC(NC(C)=O)C1)C(=O)O. The van der Waals surface area contributed by atoms with Crippen molar-refractivity contribution < 1.29 is 19.5 Å². The van der Waals surface area contributed by atoms with Crippen LogP contribution in [0.5, 0.6) is 0 Å². The summed E-state index contributed by atoms with van der Waals surface area (Å²) in [7, 11) is 0. The number of terminal acetylenes is 1. The molecule has 2 unspecified atom stereocenters. The molecule has 0 spiro atoms. The number of carboxylic acid groups (broad SMARTS) is 1. The second kappa shape index (κ2) is 6.64. The first-order chi connectivity index (χ1) is 8.93. The number of urea groups is 1. The summed E-state index contributed by atoms with van der Waals surface area (Å²) in [6.45, 7) is 2.25. The molecule has 0 aromatic carbocycles. The highest BCUT2D eigenvalue weighted by Crippen LogP contribution is 2.09. The second-order valence-corrected chi connectivity index (χ2v) is 4.38. The third kappa shape index (κ3) is 4.50. The van der Waals surface area contributed by atoms with Gasteiger partial charge in [-0.3, -0.25) is 4.79 Å². The van der Waals surface area contributed by atoms with Gasteiger partial charge in [0.1, 0.15) is 6.04 Å². The Morgan fingerprint density at radius 2 is 2.21 bits per heavy atom. The van der Waals surface area contributed by atoms with E-state index >= 15 is 0 Å². The topological polar surface area (TPSA) is 98.7 Å². The minimum atomic E-state index is -1.16. The maximum atomic E-state index is 11.8. The van der Waals surface area contributed by atoms with Gasteiger partial charge in [0.2, 0.25) is 5.91 Å². The van der Waals surface area contributed by atoms with Crippen LogP contribution < -0.4 is 10.6 Å². The molecule has 0 aromatic heterocycles. The van der Waals surface area contributed by atoms with Gasteiger partial charge >= 0.3 is 12.0 Å². The fraction of sp³-hybridized carbons (Fsp3) is 0.583. The molecule has 1 heterocycles. The monoisotopic (exact) mass is 267 g/mol. The molecule has 19 heavy (non-hydrogen) atoms. The lowest BCUT2D eigenvalue weighted by Crippen LogP contribution is -2.48. The number of likely N-dealkylation sites (tertiary alicyclic amines) is 1. The quantitative estimate of drug-likeness (QED) is 0.591. The van der Waals surface area contributed by atoms with Gasteiger partial charge in [-0.05, 0) is 6.42 Å². The molecule has 2 atom stereocenters. The number of rotatable bonds is 4. The average Bonchev–Trinajstić information content (AvgIpc) is 2.75. The summed E-state index contributed by atoms with van der Waals surface area (Å²) < 4.78 is 0. The average molecular weight is 267 g/mol. The minimum Gasteiger partial charge on any atom is -0.480 e. The van der Waals surface area contributed by atoms with E-state index in [1.165, 1.54) is 11.8 Å². The van der Waals surface area contributed by atoms with Crippen LogP contribution in [-0.4, -0.2) is 53.1 Å². The van der Waals surface area contributed by atoms with Crippen LogP contribution in [0.15, 0.2) is 0 Å². The Kier molecular flexibility index (Phi) is 5.18. The van der Waals surface area contributed by atoms with E-state index in [2.05, 4.69) is 16.6 Å². The molecule has 1 saturated heterocycles. The van der Waals surface area contributed by atoms with E-state index in [1.54, 1.807) is 0 Å². The van der Waals surface area contributed by atoms with Gasteiger partial charge in [-0.2, -0.15) is 0 Å². The molecular weight excluding hydrogens is 250 g/mol. The van der Waals surface area contributed by atoms with Gasteiger partial charge in [0.25, 0.3) is 0 Å². The molecule has 3 N–H and O–H groups in total. The Morgan fingerprint density at radius 1 is 1.53 bits per heavy atom. The molecule has 7 nitrogen and oxygen atoms in total. The normalized spacial score (nSPS) is 19.4. The van der Waals surface area contributed by atoms with Crippen molar-refractivity contribution in [3.8, 4) is 12.3 Å². The second-order valence-electron chi connectivity index (χ2n) is 4.38. The minimum absolute atomic E-state index is 0.0654. The maximum Gasteiger partial charge on any atom is 0.327 e. The van der Waals surface area contributed by atoms with E-state index in [0.29, 0.717) is 19.5 Å². The standard InChI is InChI=1S/C12H17N3O4/c1-3-4-10(11(17)18)14-12(19)15-6-5-9(7-15)13-8(2)16/h1,9-10H,4-7H2,2H3,(H,13,16)(H,14,19)(H,17,18). The largest absolute Gasteiger partial charge is 0.480 e. The number of carbonyl (C=O) groups excluding carboxylic acids is 2. The molecule has 1 aliphatic rings. The van der Waals surface area contributed by atoms with Crippen LogP contribution in [0.1, 0.15) is 19.8 Å². The zero-order valence-corrected chi connectivity index (χ0v) is 10.7. The van der Waals surface area contributed by atoms with E-state index < -0.39 is 18.0 Å². The fourth-order valence-electron chi connectivity index (χ4n) is 1.91. The first-order valence-corrected chi connectivity index (χ1v) is 5.93. The molecule has 1 rings (SSSR count). The third-order valence-corrected chi connectivity index (χ3v) is 2.80. The van der Waals surface area contributed by atoms with Crippen LogP contribution in [0.2, 0.25) is 0 Å². The van der Waals surface area contributed by atoms with Crippen molar-refractivity contribution in [2.45, 2.75) is 31.8 Å². The summed E-state index contributed by atoms with van der Waals surface area (Å²) in [6, 6.07) is -1.65. The highest BCUT2D eigenvalue weighted by Gasteiger charge is 2.29. The van der Waals surface area contributed by atoms with E-state index in [4.69, 9.17) is 11.5 Å². The highest BCUT2D eigenvalue weighted by molar-refractivity contribution is 5.83. The van der Waals surface area contributed by atoms with E-state index in [-0.39, 0.29) is 18.4 Å². The van der Waals surface area contributed by atoms with Crippen molar-refractivity contribution in [2.75, 3.05) is 13.1 Å². The maximum absolute atomic E-state index is 11.8. The Balaban J connectivity index is 2.48. The Labute approximate surface area is 111 Å². The molecular formula is C12H17N3O4. The summed E-state index contributed by atoms with van der Waals surface area (Å²) in [6.07, 6.45) is 5.63. The van der Waals surface area contributed by atoms with Gasteiger partial charge in [-0.15, -0.1) is 12.3 Å². The molecule has 0 radical (unpaired) electrons. The smallest absolute Gasteiger partial charge is 0.327 e. The molecule has 1 aliphatic heterocycles. The van der Waals surface area contributed by atoms with E-state index in [9.17, 15) is 14.4 Å². The van der Waals surface area contributed by atoms with Gasteiger partial charge < -0.3 is 20.6 Å². The van der Waals surface area contributed by atoms with Crippen LogP contribution in [0.25, 0.3) is 0 Å². The first-order valence-electron chi connectivity index (χ1n) is 5.93. The number of nitrogens with one attached hydrogen (secondary N) is 2. The van der Waals surface area contributed by atoms with E-state index in [1.807, 2.05) is 0 Å². The van der Waals surface area contributed by atoms with Crippen molar-refractivity contribution in [2.24, 2.45) is 0 Å². The number of carboxylic acids is 1. The van der Waals surface area contributed by atoms with Crippen LogP contribution in [-0.2, 0) is 9.59 Å². The highest BCUT2D eigenvalue weighted by atomic mass is 16.4. The van der Waals surface area contributed by atoms with Gasteiger partial charge in [0.15, 0.2) is 0 Å². The van der Waals surface area contributed by atoms with Crippen molar-refractivity contribution in [1.29, 1.82) is 0 Å². The summed E-state index contributed by atoms with van der Waals surface area (Å²) in [5.41, 5.74) is 0. The molecule has 104 valence electrons. The van der Waals surface area contributed by atoms with Gasteiger partial charge in [0.05, 0.1) is 0 Å². The van der Waals surface area contributed by atoms with E-state index in [0.717, 1.165) is 0 Å². The van der Waals surface area contributed by atoms with Crippen molar-refractivity contribution in [1.82, 2.24) is 15.5 Å². The number of aliphatic carboxylic acids is 1. The third-order valence-electron chi connectivity index (χ3n) is 2.80. The summed E-state index contributed by atoms with van der Waals surface area (Å²) in [4.78, 5) is 35.1. The molecule has 0 saturated carbocycles. The van der Waals surface area contributed by atoms with Crippen molar-refractivity contribution in [3.63, 3.8) is 0 Å². The number of carbonyl (C=O) groups is 3. The summed E-state index contributed by atoms with van der Waals surface area (Å²) in [5.74, 6) is 0.896. The lowest BCUT2D eigenvalue weighted by atomic mass is 10.2. The van der Waals surface area contributed by atoms with Gasteiger partial charge in [-0.1, -0.05) is 0 Å². The summed E-state index contributed by atoms with van der Waals surface area (Å²) in [5, 5.41) is 14.0. The lowest BCUT2D eigenvalue weighted by molar-refractivity contribution is -0.139. The number of hydrogen-bond donors (Lipinski definition) is 3. The lowest BCUT2D eigenvalue weighted by Gasteiger charge is -2.20.